The van der Waals surface area contributed by atoms with Crippen molar-refractivity contribution in [1.82, 2.24) is 4.90 Å². The lowest BCUT2D eigenvalue weighted by atomic mass is 9.97. The zero-order valence-corrected chi connectivity index (χ0v) is 10.4. The van der Waals surface area contributed by atoms with Crippen LogP contribution in [0, 0.1) is 16.7 Å². The molecule has 2 amide bonds. The summed E-state index contributed by atoms with van der Waals surface area (Å²) in [5, 5.41) is 17.4. The number of fused-ring (bicyclic) bond motifs is 1. The Labute approximate surface area is 111 Å². The number of rotatable bonds is 1. The van der Waals surface area contributed by atoms with Crippen LogP contribution >= 0.6 is 0 Å². The number of amidine groups is 1. The van der Waals surface area contributed by atoms with Crippen LogP contribution in [0.2, 0.25) is 0 Å². The molecule has 2 aliphatic heterocycles. The van der Waals surface area contributed by atoms with Crippen molar-refractivity contribution in [3.8, 4) is 6.07 Å². The average Bonchev–Trinajstić information content (AvgIpc) is 2.72. The van der Waals surface area contributed by atoms with Crippen molar-refractivity contribution in [2.45, 2.75) is 31.3 Å². The van der Waals surface area contributed by atoms with Crippen LogP contribution < -0.4 is 4.90 Å². The minimum atomic E-state index is -0.402. The van der Waals surface area contributed by atoms with Crippen LogP contribution in [-0.2, 0) is 0 Å². The van der Waals surface area contributed by atoms with E-state index in [0.717, 1.165) is 12.8 Å². The summed E-state index contributed by atoms with van der Waals surface area (Å²) >= 11 is 0. The molecule has 2 fully saturated rings. The molecule has 19 heavy (non-hydrogen) atoms. The monoisotopic (exact) mass is 254 g/mol. The van der Waals surface area contributed by atoms with Gasteiger partial charge in [0.15, 0.2) is 0 Å². The van der Waals surface area contributed by atoms with Crippen LogP contribution in [0.15, 0.2) is 30.3 Å². The highest BCUT2D eigenvalue weighted by molar-refractivity contribution is 6.22. The number of piperidine rings is 1. The maximum Gasteiger partial charge on any atom is 0.331 e. The molecule has 0 radical (unpaired) electrons. The van der Waals surface area contributed by atoms with Crippen molar-refractivity contribution >= 4 is 17.6 Å². The lowest BCUT2D eigenvalue weighted by Crippen LogP contribution is -2.45. The predicted molar refractivity (Wildman–Crippen MR) is 70.9 cm³/mol. The fourth-order valence-corrected chi connectivity index (χ4v) is 2.86. The zero-order chi connectivity index (χ0) is 13.4. The number of hydrogen-bond donors (Lipinski definition) is 1. The molecule has 1 aromatic rings. The van der Waals surface area contributed by atoms with Crippen molar-refractivity contribution in [3.05, 3.63) is 30.3 Å². The summed E-state index contributed by atoms with van der Waals surface area (Å²) in [5.41, 5.74) is 0.698. The third-order valence-corrected chi connectivity index (χ3v) is 3.76. The van der Waals surface area contributed by atoms with Gasteiger partial charge in [-0.3, -0.25) is 10.3 Å². The highest BCUT2D eigenvalue weighted by Crippen LogP contribution is 2.33. The van der Waals surface area contributed by atoms with Crippen molar-refractivity contribution in [2.24, 2.45) is 0 Å². The molecule has 2 unspecified atom stereocenters. The maximum atomic E-state index is 12.5. The van der Waals surface area contributed by atoms with E-state index in [1.165, 1.54) is 4.90 Å². The molecule has 5 heteroatoms. The molecular formula is C14H14N4O. The van der Waals surface area contributed by atoms with Crippen LogP contribution in [-0.4, -0.2) is 28.9 Å². The fraction of sp³-hybridized carbons (Fsp3) is 0.357. The van der Waals surface area contributed by atoms with E-state index in [4.69, 9.17) is 10.7 Å². The minimum absolute atomic E-state index is 0.243. The van der Waals surface area contributed by atoms with Crippen LogP contribution in [0.1, 0.15) is 19.3 Å². The van der Waals surface area contributed by atoms with Gasteiger partial charge in [0, 0.05) is 0 Å². The van der Waals surface area contributed by atoms with E-state index in [9.17, 15) is 4.79 Å². The van der Waals surface area contributed by atoms with Crippen LogP contribution in [0.25, 0.3) is 0 Å². The van der Waals surface area contributed by atoms with Gasteiger partial charge in [0.1, 0.15) is 11.9 Å². The number of carbonyl (C=O) groups excluding carboxylic acids is 1. The first-order chi connectivity index (χ1) is 9.24. The Morgan fingerprint density at radius 3 is 2.68 bits per heavy atom. The van der Waals surface area contributed by atoms with E-state index in [-0.39, 0.29) is 17.9 Å². The van der Waals surface area contributed by atoms with E-state index < -0.39 is 6.04 Å². The van der Waals surface area contributed by atoms with Gasteiger partial charge in [0.05, 0.1) is 17.8 Å². The molecule has 3 rings (SSSR count). The summed E-state index contributed by atoms with van der Waals surface area (Å²) in [6, 6.07) is 10.5. The van der Waals surface area contributed by atoms with Crippen LogP contribution in [0.3, 0.4) is 0 Å². The topological polar surface area (TPSA) is 71.2 Å². The summed E-state index contributed by atoms with van der Waals surface area (Å²) in [6.45, 7) is 0. The predicted octanol–water partition coefficient (Wildman–Crippen LogP) is 2.35. The third-order valence-electron chi connectivity index (χ3n) is 3.76. The molecule has 0 bridgehead atoms. The summed E-state index contributed by atoms with van der Waals surface area (Å²) in [4.78, 5) is 15.5. The van der Waals surface area contributed by atoms with Gasteiger partial charge in [-0.25, -0.2) is 9.69 Å². The SMILES string of the molecule is N#CC1CCCC2C(=N)N(c3ccccc3)C(=O)N12. The Bertz CT molecular complexity index is 563. The standard InChI is InChI=1S/C14H14N4O/c15-9-11-7-4-8-12-13(16)18(14(19)17(11)12)10-5-2-1-3-6-10/h1-3,5-6,11-12,16H,4,7-8H2. The average molecular weight is 254 g/mol. The van der Waals surface area contributed by atoms with Crippen molar-refractivity contribution < 1.29 is 4.79 Å². The van der Waals surface area contributed by atoms with E-state index in [1.807, 2.05) is 30.3 Å². The highest BCUT2D eigenvalue weighted by Gasteiger charge is 2.47. The van der Waals surface area contributed by atoms with Crippen molar-refractivity contribution in [1.29, 1.82) is 10.7 Å². The minimum Gasteiger partial charge on any atom is -0.298 e. The van der Waals surface area contributed by atoms with Crippen LogP contribution in [0.5, 0.6) is 0 Å². The first-order valence-electron chi connectivity index (χ1n) is 6.39. The largest absolute Gasteiger partial charge is 0.331 e. The third kappa shape index (κ3) is 1.68. The highest BCUT2D eigenvalue weighted by atomic mass is 16.2. The molecular weight excluding hydrogens is 240 g/mol. The van der Waals surface area contributed by atoms with Gasteiger partial charge in [-0.05, 0) is 31.4 Å². The Balaban J connectivity index is 1.99. The van der Waals surface area contributed by atoms with Gasteiger partial charge in [0.25, 0.3) is 0 Å². The zero-order valence-electron chi connectivity index (χ0n) is 10.4. The molecule has 5 nitrogen and oxygen atoms in total. The lowest BCUT2D eigenvalue weighted by Gasteiger charge is -2.31. The number of nitriles is 1. The Hall–Kier alpha value is -2.35. The number of anilines is 1. The first kappa shape index (κ1) is 11.7. The van der Waals surface area contributed by atoms with Gasteiger partial charge in [-0.1, -0.05) is 18.2 Å². The van der Waals surface area contributed by atoms with Crippen LogP contribution in [0.4, 0.5) is 10.5 Å². The summed E-state index contributed by atoms with van der Waals surface area (Å²) in [6.07, 6.45) is 2.36. The number of hydrogen-bond acceptors (Lipinski definition) is 3. The number of urea groups is 1. The molecule has 0 spiro atoms. The number of nitrogens with zero attached hydrogens (tertiary/aromatic N) is 3. The second kappa shape index (κ2) is 4.39. The van der Waals surface area contributed by atoms with Gasteiger partial charge in [-0.15, -0.1) is 0 Å². The Morgan fingerprint density at radius 2 is 2.00 bits per heavy atom. The fourth-order valence-electron chi connectivity index (χ4n) is 2.86. The van der Waals surface area contributed by atoms with E-state index in [2.05, 4.69) is 6.07 Å². The second-order valence-corrected chi connectivity index (χ2v) is 4.84. The van der Waals surface area contributed by atoms with E-state index >= 15 is 0 Å². The molecule has 1 aromatic carbocycles. The second-order valence-electron chi connectivity index (χ2n) is 4.84. The molecule has 2 atom stereocenters. The quantitative estimate of drug-likeness (QED) is 0.835. The molecule has 0 aliphatic carbocycles. The number of carbonyl (C=O) groups is 1. The molecule has 0 saturated carbocycles. The first-order valence-corrected chi connectivity index (χ1v) is 6.39. The smallest absolute Gasteiger partial charge is 0.298 e. The van der Waals surface area contributed by atoms with Gasteiger partial charge < -0.3 is 0 Å². The van der Waals surface area contributed by atoms with E-state index in [1.54, 1.807) is 4.90 Å². The normalized spacial score (nSPS) is 26.3. The number of amides is 2. The lowest BCUT2D eigenvalue weighted by molar-refractivity contribution is 0.173. The van der Waals surface area contributed by atoms with Gasteiger partial charge >= 0.3 is 6.03 Å². The van der Waals surface area contributed by atoms with Gasteiger partial charge in [-0.2, -0.15) is 5.26 Å². The Kier molecular flexibility index (Phi) is 2.71. The molecule has 96 valence electrons. The number of para-hydroxylation sites is 1. The van der Waals surface area contributed by atoms with Gasteiger partial charge in [0.2, 0.25) is 0 Å². The van der Waals surface area contributed by atoms with Crippen molar-refractivity contribution in [2.75, 3.05) is 4.90 Å². The number of benzene rings is 1. The molecule has 1 N–H and O–H groups in total. The maximum absolute atomic E-state index is 12.5. The number of nitrogens with one attached hydrogen (secondary N) is 1. The van der Waals surface area contributed by atoms with Crippen molar-refractivity contribution in [3.63, 3.8) is 0 Å². The summed E-state index contributed by atoms with van der Waals surface area (Å²) in [5.74, 6) is 0.288. The Morgan fingerprint density at radius 1 is 1.26 bits per heavy atom. The molecule has 2 aliphatic rings. The molecule has 0 aromatic heterocycles. The summed E-state index contributed by atoms with van der Waals surface area (Å²) in [7, 11) is 0. The summed E-state index contributed by atoms with van der Waals surface area (Å²) < 4.78 is 0. The molecule has 2 heterocycles. The van der Waals surface area contributed by atoms with E-state index in [0.29, 0.717) is 12.1 Å². The molecule has 2 saturated heterocycles.